The zero-order valence-corrected chi connectivity index (χ0v) is 7.87. The van der Waals surface area contributed by atoms with Gasteiger partial charge in [0.1, 0.15) is 11.3 Å². The fourth-order valence-corrected chi connectivity index (χ4v) is 1.10. The molecule has 0 saturated heterocycles. The fourth-order valence-electron chi connectivity index (χ4n) is 0.855. The van der Waals surface area contributed by atoms with E-state index in [4.69, 9.17) is 10.5 Å². The number of para-hydroxylation sites is 1. The Morgan fingerprint density at radius 2 is 2.17 bits per heavy atom. The molecule has 0 aliphatic carbocycles. The SMILES string of the molecule is NC(=O)c1ccccc1OCBr. The Balaban J connectivity index is 3.00. The number of amides is 1. The monoisotopic (exact) mass is 229 g/mol. The molecule has 0 aromatic heterocycles. The first-order valence-electron chi connectivity index (χ1n) is 3.33. The normalized spacial score (nSPS) is 9.42. The summed E-state index contributed by atoms with van der Waals surface area (Å²) in [4.78, 5) is 10.8. The molecule has 0 heterocycles. The number of halogens is 1. The highest BCUT2D eigenvalue weighted by atomic mass is 79.9. The Bertz CT molecular complexity index is 288. The van der Waals surface area contributed by atoms with Gasteiger partial charge in [-0.3, -0.25) is 4.79 Å². The van der Waals surface area contributed by atoms with Gasteiger partial charge in [0.05, 0.1) is 5.56 Å². The predicted molar refractivity (Wildman–Crippen MR) is 49.4 cm³/mol. The Kier molecular flexibility index (Phi) is 3.10. The fraction of sp³-hybridized carbons (Fsp3) is 0.125. The van der Waals surface area contributed by atoms with Gasteiger partial charge in [-0.2, -0.15) is 0 Å². The number of nitrogens with two attached hydrogens (primary N) is 1. The van der Waals surface area contributed by atoms with E-state index in [1.807, 2.05) is 0 Å². The summed E-state index contributed by atoms with van der Waals surface area (Å²) in [5.41, 5.74) is 5.86. The minimum absolute atomic E-state index is 0.345. The van der Waals surface area contributed by atoms with Gasteiger partial charge in [-0.15, -0.1) is 0 Å². The van der Waals surface area contributed by atoms with E-state index in [2.05, 4.69) is 15.9 Å². The zero-order valence-electron chi connectivity index (χ0n) is 6.29. The molecule has 0 atom stereocenters. The highest BCUT2D eigenvalue weighted by molar-refractivity contribution is 9.09. The lowest BCUT2D eigenvalue weighted by molar-refractivity contribution is 0.0997. The number of rotatable bonds is 3. The number of benzene rings is 1. The van der Waals surface area contributed by atoms with Gasteiger partial charge in [-0.05, 0) is 28.1 Å². The van der Waals surface area contributed by atoms with E-state index in [1.54, 1.807) is 24.3 Å². The van der Waals surface area contributed by atoms with Crippen molar-refractivity contribution in [2.45, 2.75) is 0 Å². The van der Waals surface area contributed by atoms with E-state index in [1.165, 1.54) is 0 Å². The van der Waals surface area contributed by atoms with Crippen LogP contribution >= 0.6 is 15.9 Å². The minimum atomic E-state index is -0.480. The van der Waals surface area contributed by atoms with Crippen LogP contribution in [0, 0.1) is 0 Å². The van der Waals surface area contributed by atoms with Crippen LogP contribution in [0.1, 0.15) is 10.4 Å². The summed E-state index contributed by atoms with van der Waals surface area (Å²) in [5, 5.41) is 0. The van der Waals surface area contributed by atoms with Crippen molar-refractivity contribution in [3.8, 4) is 5.75 Å². The van der Waals surface area contributed by atoms with Crippen LogP contribution in [-0.2, 0) is 0 Å². The number of alkyl halides is 1. The molecule has 1 aromatic rings. The van der Waals surface area contributed by atoms with Crippen molar-refractivity contribution < 1.29 is 9.53 Å². The van der Waals surface area contributed by atoms with E-state index in [0.717, 1.165) is 0 Å². The van der Waals surface area contributed by atoms with Gasteiger partial charge in [-0.25, -0.2) is 0 Å². The lowest BCUT2D eigenvalue weighted by atomic mass is 10.2. The number of primary amides is 1. The maximum absolute atomic E-state index is 10.8. The van der Waals surface area contributed by atoms with Crippen molar-refractivity contribution in [2.24, 2.45) is 5.73 Å². The van der Waals surface area contributed by atoms with Crippen LogP contribution in [0.3, 0.4) is 0 Å². The molecule has 3 nitrogen and oxygen atoms in total. The van der Waals surface area contributed by atoms with Crippen LogP contribution < -0.4 is 10.5 Å². The molecule has 1 rings (SSSR count). The van der Waals surface area contributed by atoms with Gasteiger partial charge >= 0.3 is 0 Å². The number of carbonyl (C=O) groups is 1. The Morgan fingerprint density at radius 1 is 1.50 bits per heavy atom. The standard InChI is InChI=1S/C8H8BrNO2/c9-5-12-7-4-2-1-3-6(7)8(10)11/h1-4H,5H2,(H2,10,11). The lowest BCUT2D eigenvalue weighted by Gasteiger charge is -2.05. The minimum Gasteiger partial charge on any atom is -0.482 e. The smallest absolute Gasteiger partial charge is 0.252 e. The Labute approximate surface area is 78.6 Å². The molecule has 0 aliphatic heterocycles. The van der Waals surface area contributed by atoms with E-state index in [9.17, 15) is 4.79 Å². The van der Waals surface area contributed by atoms with E-state index in [0.29, 0.717) is 16.8 Å². The molecule has 0 radical (unpaired) electrons. The summed E-state index contributed by atoms with van der Waals surface area (Å²) < 4.78 is 5.11. The number of ether oxygens (including phenoxy) is 1. The average Bonchev–Trinajstić information content (AvgIpc) is 2.05. The van der Waals surface area contributed by atoms with Crippen LogP contribution in [0.4, 0.5) is 0 Å². The molecule has 64 valence electrons. The Hall–Kier alpha value is -1.03. The molecule has 0 fully saturated rings. The van der Waals surface area contributed by atoms with E-state index >= 15 is 0 Å². The van der Waals surface area contributed by atoms with Gasteiger partial charge in [0.25, 0.3) is 5.91 Å². The Morgan fingerprint density at radius 3 is 2.75 bits per heavy atom. The third-order valence-electron chi connectivity index (χ3n) is 1.36. The number of hydrogen-bond acceptors (Lipinski definition) is 2. The van der Waals surface area contributed by atoms with Crippen molar-refractivity contribution in [2.75, 3.05) is 5.52 Å². The van der Waals surface area contributed by atoms with Gasteiger partial charge in [0, 0.05) is 0 Å². The second-order valence-corrected chi connectivity index (χ2v) is 2.57. The molecule has 1 amide bonds. The zero-order chi connectivity index (χ0) is 8.97. The molecule has 12 heavy (non-hydrogen) atoms. The number of hydrogen-bond donors (Lipinski definition) is 1. The van der Waals surface area contributed by atoms with Crippen molar-refractivity contribution in [3.63, 3.8) is 0 Å². The molecule has 0 unspecified atom stereocenters. The first kappa shape index (κ1) is 9.06. The van der Waals surface area contributed by atoms with E-state index in [-0.39, 0.29) is 0 Å². The van der Waals surface area contributed by atoms with Crippen molar-refractivity contribution in [1.82, 2.24) is 0 Å². The summed E-state index contributed by atoms with van der Waals surface area (Å²) in [5.74, 6) is 0.0217. The molecule has 0 saturated carbocycles. The highest BCUT2D eigenvalue weighted by Gasteiger charge is 2.06. The second-order valence-electron chi connectivity index (χ2n) is 2.11. The first-order chi connectivity index (χ1) is 5.75. The van der Waals surface area contributed by atoms with Gasteiger partial charge in [0.2, 0.25) is 0 Å². The third-order valence-corrected chi connectivity index (χ3v) is 1.59. The first-order valence-corrected chi connectivity index (χ1v) is 4.45. The summed E-state index contributed by atoms with van der Waals surface area (Å²) in [6.45, 7) is 0. The number of carbonyl (C=O) groups excluding carboxylic acids is 1. The van der Waals surface area contributed by atoms with E-state index < -0.39 is 5.91 Å². The molecule has 0 aliphatic rings. The summed E-state index contributed by atoms with van der Waals surface area (Å²) in [7, 11) is 0. The molecule has 1 aromatic carbocycles. The van der Waals surface area contributed by atoms with Gasteiger partial charge in [0.15, 0.2) is 0 Å². The molecule has 2 N–H and O–H groups in total. The summed E-state index contributed by atoms with van der Waals surface area (Å²) in [6.07, 6.45) is 0. The van der Waals surface area contributed by atoms with Crippen LogP contribution in [-0.4, -0.2) is 11.4 Å². The molecular formula is C8H8BrNO2. The van der Waals surface area contributed by atoms with Gasteiger partial charge < -0.3 is 10.5 Å². The molecular weight excluding hydrogens is 222 g/mol. The molecule has 0 bridgehead atoms. The quantitative estimate of drug-likeness (QED) is 0.800. The summed E-state index contributed by atoms with van der Waals surface area (Å²) in [6, 6.07) is 6.84. The summed E-state index contributed by atoms with van der Waals surface area (Å²) >= 11 is 3.10. The van der Waals surface area contributed by atoms with Crippen LogP contribution in [0.2, 0.25) is 0 Å². The lowest BCUT2D eigenvalue weighted by Crippen LogP contribution is -2.12. The highest BCUT2D eigenvalue weighted by Crippen LogP contribution is 2.17. The van der Waals surface area contributed by atoms with Crippen molar-refractivity contribution in [1.29, 1.82) is 0 Å². The van der Waals surface area contributed by atoms with Crippen LogP contribution in [0.15, 0.2) is 24.3 Å². The predicted octanol–water partition coefficient (Wildman–Crippen LogP) is 1.52. The third kappa shape index (κ3) is 1.98. The maximum atomic E-state index is 10.8. The second kappa shape index (κ2) is 4.11. The molecule has 4 heteroatoms. The molecule has 0 spiro atoms. The van der Waals surface area contributed by atoms with Crippen molar-refractivity contribution >= 4 is 21.8 Å². The largest absolute Gasteiger partial charge is 0.482 e. The maximum Gasteiger partial charge on any atom is 0.252 e. The average molecular weight is 230 g/mol. The van der Waals surface area contributed by atoms with Crippen molar-refractivity contribution in [3.05, 3.63) is 29.8 Å². The van der Waals surface area contributed by atoms with Crippen LogP contribution in [0.25, 0.3) is 0 Å². The van der Waals surface area contributed by atoms with Crippen LogP contribution in [0.5, 0.6) is 5.75 Å². The van der Waals surface area contributed by atoms with Gasteiger partial charge in [-0.1, -0.05) is 12.1 Å². The topological polar surface area (TPSA) is 52.3 Å².